The molecule has 0 spiro atoms. The Hall–Kier alpha value is -1.94. The van der Waals surface area contributed by atoms with Gasteiger partial charge in [-0.3, -0.25) is 4.90 Å². The smallest absolute Gasteiger partial charge is 0.376 e. The van der Waals surface area contributed by atoms with Gasteiger partial charge in [-0.1, -0.05) is 42.5 Å². The molecule has 32 heavy (non-hydrogen) atoms. The lowest BCUT2D eigenvalue weighted by molar-refractivity contribution is -0.258. The standard InChI is InChI=1S/C23H27F3N2O3S/c1-15-10-16(12-27-13-20-11-19(27)14-28(20)32(3,30)31)4-9-21(15)17-5-7-18(8-6-17)22(2,29)23(24,25)26/h4-10,19-20,29H,11-14H2,1-3H3. The lowest BCUT2D eigenvalue weighted by Crippen LogP contribution is -2.47. The van der Waals surface area contributed by atoms with Crippen LogP contribution < -0.4 is 0 Å². The first-order valence-electron chi connectivity index (χ1n) is 10.5. The van der Waals surface area contributed by atoms with Gasteiger partial charge in [-0.15, -0.1) is 0 Å². The Morgan fingerprint density at radius 3 is 2.22 bits per heavy atom. The van der Waals surface area contributed by atoms with E-state index >= 15 is 0 Å². The Morgan fingerprint density at radius 2 is 1.72 bits per heavy atom. The minimum absolute atomic E-state index is 0.0443. The summed E-state index contributed by atoms with van der Waals surface area (Å²) in [6.45, 7) is 4.70. The number of benzene rings is 2. The van der Waals surface area contributed by atoms with Crippen molar-refractivity contribution in [1.29, 1.82) is 0 Å². The number of halogens is 3. The number of aliphatic hydroxyl groups is 1. The van der Waals surface area contributed by atoms with Crippen LogP contribution >= 0.6 is 0 Å². The van der Waals surface area contributed by atoms with Crippen LogP contribution in [-0.4, -0.2) is 60.3 Å². The number of piperazine rings is 1. The number of likely N-dealkylation sites (tertiary alicyclic amines) is 1. The quantitative estimate of drug-likeness (QED) is 0.728. The van der Waals surface area contributed by atoms with Crippen LogP contribution in [0.3, 0.4) is 0 Å². The highest BCUT2D eigenvalue weighted by atomic mass is 32.2. The van der Waals surface area contributed by atoms with Gasteiger partial charge in [0.1, 0.15) is 0 Å². The first-order valence-corrected chi connectivity index (χ1v) is 12.3. The van der Waals surface area contributed by atoms with Crippen LogP contribution in [0.25, 0.3) is 11.1 Å². The molecule has 2 aliphatic rings. The Kier molecular flexibility index (Phi) is 5.68. The summed E-state index contributed by atoms with van der Waals surface area (Å²) in [6.07, 6.45) is -2.63. The fraction of sp³-hybridized carbons (Fsp3) is 0.478. The number of alkyl halides is 3. The highest BCUT2D eigenvalue weighted by Gasteiger charge is 2.51. The van der Waals surface area contributed by atoms with Crippen molar-refractivity contribution in [3.63, 3.8) is 0 Å². The van der Waals surface area contributed by atoms with E-state index in [4.69, 9.17) is 0 Å². The molecule has 2 saturated heterocycles. The molecule has 4 rings (SSSR count). The summed E-state index contributed by atoms with van der Waals surface area (Å²) >= 11 is 0. The van der Waals surface area contributed by atoms with Crippen molar-refractivity contribution in [1.82, 2.24) is 9.21 Å². The third kappa shape index (κ3) is 4.19. The molecule has 0 aromatic heterocycles. The second kappa shape index (κ2) is 7.83. The van der Waals surface area contributed by atoms with E-state index in [0.717, 1.165) is 48.7 Å². The summed E-state index contributed by atoms with van der Waals surface area (Å²) in [5.74, 6) is 0. The molecule has 2 bridgehead atoms. The van der Waals surface area contributed by atoms with E-state index in [0.29, 0.717) is 6.54 Å². The Bertz CT molecular complexity index is 1110. The van der Waals surface area contributed by atoms with Gasteiger partial charge in [0.15, 0.2) is 5.60 Å². The van der Waals surface area contributed by atoms with Crippen LogP contribution in [0.5, 0.6) is 0 Å². The van der Waals surface area contributed by atoms with Crippen LogP contribution in [0.2, 0.25) is 0 Å². The van der Waals surface area contributed by atoms with Crippen LogP contribution in [-0.2, 0) is 22.2 Å². The number of hydrogen-bond donors (Lipinski definition) is 1. The summed E-state index contributed by atoms with van der Waals surface area (Å²) < 4.78 is 64.5. The van der Waals surface area contributed by atoms with E-state index in [1.807, 2.05) is 19.1 Å². The van der Waals surface area contributed by atoms with E-state index in [1.54, 1.807) is 16.4 Å². The molecule has 2 heterocycles. The lowest BCUT2D eigenvalue weighted by atomic mass is 9.92. The summed E-state index contributed by atoms with van der Waals surface area (Å²) in [4.78, 5) is 2.31. The molecular formula is C23H27F3N2O3S. The highest BCUT2D eigenvalue weighted by Crippen LogP contribution is 2.39. The summed E-state index contributed by atoms with van der Waals surface area (Å²) in [6, 6.07) is 12.1. The first-order chi connectivity index (χ1) is 14.8. The van der Waals surface area contributed by atoms with Crippen molar-refractivity contribution in [2.75, 3.05) is 19.3 Å². The second-order valence-electron chi connectivity index (χ2n) is 9.10. The molecule has 2 aliphatic heterocycles. The van der Waals surface area contributed by atoms with E-state index < -0.39 is 21.8 Å². The Labute approximate surface area is 186 Å². The topological polar surface area (TPSA) is 60.9 Å². The van der Waals surface area contributed by atoms with Gasteiger partial charge in [-0.2, -0.15) is 17.5 Å². The van der Waals surface area contributed by atoms with Gasteiger partial charge >= 0.3 is 6.18 Å². The van der Waals surface area contributed by atoms with Gasteiger partial charge in [-0.25, -0.2) is 8.42 Å². The maximum Gasteiger partial charge on any atom is 0.421 e. The van der Waals surface area contributed by atoms with Crippen molar-refractivity contribution >= 4 is 10.0 Å². The molecule has 0 radical (unpaired) electrons. The van der Waals surface area contributed by atoms with Crippen LogP contribution in [0, 0.1) is 6.92 Å². The molecule has 0 amide bonds. The minimum Gasteiger partial charge on any atom is -0.376 e. The molecule has 2 aromatic rings. The van der Waals surface area contributed by atoms with E-state index in [-0.39, 0.29) is 17.6 Å². The van der Waals surface area contributed by atoms with Gasteiger partial charge in [0, 0.05) is 31.7 Å². The Morgan fingerprint density at radius 1 is 1.06 bits per heavy atom. The largest absolute Gasteiger partial charge is 0.421 e. The molecule has 0 aliphatic carbocycles. The van der Waals surface area contributed by atoms with E-state index in [1.165, 1.54) is 18.4 Å². The van der Waals surface area contributed by atoms with E-state index in [9.17, 15) is 26.7 Å². The average Bonchev–Trinajstić information content (AvgIpc) is 3.28. The van der Waals surface area contributed by atoms with E-state index in [2.05, 4.69) is 11.0 Å². The van der Waals surface area contributed by atoms with Crippen LogP contribution in [0.4, 0.5) is 13.2 Å². The number of fused-ring (bicyclic) bond motifs is 2. The SMILES string of the molecule is Cc1cc(CN2CC3CC2CN3S(C)(=O)=O)ccc1-c1ccc(C(C)(O)C(F)(F)F)cc1. The molecular weight excluding hydrogens is 441 g/mol. The van der Waals surface area contributed by atoms with Gasteiger partial charge < -0.3 is 5.11 Å². The highest BCUT2D eigenvalue weighted by molar-refractivity contribution is 7.88. The first kappa shape index (κ1) is 23.2. The van der Waals surface area contributed by atoms with Crippen molar-refractivity contribution in [2.24, 2.45) is 0 Å². The van der Waals surface area contributed by atoms with Gasteiger partial charge in [0.2, 0.25) is 10.0 Å². The monoisotopic (exact) mass is 468 g/mol. The fourth-order valence-corrected chi connectivity index (χ4v) is 5.97. The maximum absolute atomic E-state index is 13.1. The summed E-state index contributed by atoms with van der Waals surface area (Å²) in [5.41, 5.74) is 0.709. The second-order valence-corrected chi connectivity index (χ2v) is 11.0. The van der Waals surface area contributed by atoms with Crippen molar-refractivity contribution in [3.05, 3.63) is 59.2 Å². The third-order valence-corrected chi connectivity index (χ3v) is 8.02. The number of sulfonamides is 1. The van der Waals surface area contributed by atoms with Crippen LogP contribution in [0.15, 0.2) is 42.5 Å². The minimum atomic E-state index is -4.75. The molecule has 5 nitrogen and oxygen atoms in total. The van der Waals surface area contributed by atoms with Crippen LogP contribution in [0.1, 0.15) is 30.0 Å². The van der Waals surface area contributed by atoms with Gasteiger partial charge in [0.25, 0.3) is 0 Å². The average molecular weight is 469 g/mol. The van der Waals surface area contributed by atoms with Crippen molar-refractivity contribution in [2.45, 2.75) is 50.7 Å². The predicted molar refractivity (Wildman–Crippen MR) is 116 cm³/mol. The number of aryl methyl sites for hydroxylation is 1. The zero-order valence-corrected chi connectivity index (χ0v) is 19.0. The predicted octanol–water partition coefficient (Wildman–Crippen LogP) is 3.65. The number of nitrogens with zero attached hydrogens (tertiary/aromatic N) is 2. The summed E-state index contributed by atoms with van der Waals surface area (Å²) in [7, 11) is -3.16. The Balaban J connectivity index is 1.47. The molecule has 2 aromatic carbocycles. The fourth-order valence-electron chi connectivity index (χ4n) is 4.83. The van der Waals surface area contributed by atoms with Gasteiger partial charge in [-0.05, 0) is 48.1 Å². The van der Waals surface area contributed by atoms with Crippen molar-refractivity contribution in [3.8, 4) is 11.1 Å². The normalized spacial score (nSPS) is 24.1. The maximum atomic E-state index is 13.1. The van der Waals surface area contributed by atoms with Gasteiger partial charge in [0.05, 0.1) is 6.26 Å². The zero-order valence-electron chi connectivity index (χ0n) is 18.2. The molecule has 9 heteroatoms. The molecule has 3 unspecified atom stereocenters. The molecule has 174 valence electrons. The molecule has 2 fully saturated rings. The van der Waals surface area contributed by atoms with Crippen molar-refractivity contribution < 1.29 is 26.7 Å². The zero-order chi connectivity index (χ0) is 23.5. The lowest BCUT2D eigenvalue weighted by Gasteiger charge is -2.32. The number of rotatable bonds is 5. The number of hydrogen-bond acceptors (Lipinski definition) is 4. The molecule has 3 atom stereocenters. The third-order valence-electron chi connectivity index (χ3n) is 6.72. The molecule has 0 saturated carbocycles. The molecule has 1 N–H and O–H groups in total. The summed E-state index contributed by atoms with van der Waals surface area (Å²) in [5, 5.41) is 9.85.